The van der Waals surface area contributed by atoms with Gasteiger partial charge in [-0.1, -0.05) is 25.4 Å². The van der Waals surface area contributed by atoms with Crippen LogP contribution in [0, 0.1) is 16.7 Å². The zero-order chi connectivity index (χ0) is 17.8. The van der Waals surface area contributed by atoms with Crippen LogP contribution >= 0.6 is 11.6 Å². The van der Waals surface area contributed by atoms with Gasteiger partial charge in [-0.2, -0.15) is 0 Å². The van der Waals surface area contributed by atoms with E-state index in [1.807, 2.05) is 13.8 Å². The van der Waals surface area contributed by atoms with Crippen LogP contribution in [-0.2, 0) is 14.8 Å². The van der Waals surface area contributed by atoms with E-state index in [1.165, 1.54) is 13.2 Å². The third-order valence-electron chi connectivity index (χ3n) is 6.00. The average Bonchev–Trinajstić information content (AvgIpc) is 2.80. The van der Waals surface area contributed by atoms with Crippen molar-refractivity contribution in [2.45, 2.75) is 33.1 Å². The molecule has 0 unspecified atom stereocenters. The number of ketones is 1. The summed E-state index contributed by atoms with van der Waals surface area (Å²) in [5.41, 5.74) is -0.689. The molecule has 2 fully saturated rings. The Morgan fingerprint density at radius 1 is 1.38 bits per heavy atom. The summed E-state index contributed by atoms with van der Waals surface area (Å²) in [5.74, 6) is 0.674. The minimum Gasteiger partial charge on any atom is -0.495 e. The fourth-order valence-corrected chi connectivity index (χ4v) is 6.52. The number of benzene rings is 1. The summed E-state index contributed by atoms with van der Waals surface area (Å²) in [5, 5.41) is 0.328. The Morgan fingerprint density at radius 2 is 2.08 bits per heavy atom. The Balaban J connectivity index is 1.84. The van der Waals surface area contributed by atoms with Crippen molar-refractivity contribution in [3.8, 4) is 5.75 Å². The summed E-state index contributed by atoms with van der Waals surface area (Å²) in [7, 11) is -2.18. The first-order chi connectivity index (χ1) is 11.1. The van der Waals surface area contributed by atoms with Gasteiger partial charge in [0.25, 0.3) is 0 Å². The van der Waals surface area contributed by atoms with Crippen LogP contribution in [-0.4, -0.2) is 27.1 Å². The largest absolute Gasteiger partial charge is 0.495 e. The van der Waals surface area contributed by atoms with E-state index in [0.717, 1.165) is 6.42 Å². The van der Waals surface area contributed by atoms with Crippen molar-refractivity contribution < 1.29 is 17.9 Å². The molecule has 0 aliphatic heterocycles. The second-order valence-electron chi connectivity index (χ2n) is 7.38. The van der Waals surface area contributed by atoms with Gasteiger partial charge in [0, 0.05) is 6.42 Å². The molecule has 0 spiro atoms. The maximum absolute atomic E-state index is 12.7. The molecule has 2 atom stereocenters. The number of sulfonamides is 1. The van der Waals surface area contributed by atoms with E-state index in [0.29, 0.717) is 29.3 Å². The molecule has 1 aromatic carbocycles. The van der Waals surface area contributed by atoms with Gasteiger partial charge in [-0.15, -0.1) is 0 Å². The third kappa shape index (κ3) is 2.60. The molecule has 0 heterocycles. The van der Waals surface area contributed by atoms with Gasteiger partial charge in [0.05, 0.1) is 29.0 Å². The predicted octanol–water partition coefficient (Wildman–Crippen LogP) is 3.49. The normalized spacial score (nSPS) is 28.2. The Bertz CT molecular complexity index is 790. The highest BCUT2D eigenvalue weighted by molar-refractivity contribution is 7.92. The number of rotatable bonds is 5. The Labute approximate surface area is 147 Å². The van der Waals surface area contributed by atoms with Crippen LogP contribution in [0.5, 0.6) is 5.75 Å². The Hall–Kier alpha value is -1.27. The molecule has 1 aromatic rings. The van der Waals surface area contributed by atoms with Crippen molar-refractivity contribution in [1.29, 1.82) is 0 Å². The molecule has 132 valence electrons. The number of hydrogen-bond acceptors (Lipinski definition) is 4. The SMILES string of the molecule is COc1ccc(NS(=O)(=O)C[C@@]23CC[C@@H](CC2=O)C3(C)C)cc1Cl. The molecule has 7 heteroatoms. The van der Waals surface area contributed by atoms with E-state index in [4.69, 9.17) is 16.3 Å². The molecule has 0 saturated heterocycles. The minimum absolute atomic E-state index is 0.0851. The first-order valence-electron chi connectivity index (χ1n) is 7.99. The van der Waals surface area contributed by atoms with Crippen molar-refractivity contribution in [3.05, 3.63) is 23.2 Å². The Kier molecular flexibility index (Phi) is 4.12. The van der Waals surface area contributed by atoms with Gasteiger partial charge < -0.3 is 4.74 Å². The highest BCUT2D eigenvalue weighted by atomic mass is 35.5. The molecule has 1 N–H and O–H groups in total. The second-order valence-corrected chi connectivity index (χ2v) is 9.51. The van der Waals surface area contributed by atoms with E-state index in [9.17, 15) is 13.2 Å². The lowest BCUT2D eigenvalue weighted by atomic mass is 9.70. The summed E-state index contributed by atoms with van der Waals surface area (Å²) >= 11 is 6.04. The molecule has 0 aromatic heterocycles. The average molecular weight is 372 g/mol. The number of Topliss-reactive ketones (excluding diaryl/α,β-unsaturated/α-hetero) is 1. The van der Waals surface area contributed by atoms with Crippen LogP contribution in [0.2, 0.25) is 5.02 Å². The highest BCUT2D eigenvalue weighted by Gasteiger charge is 2.65. The van der Waals surface area contributed by atoms with E-state index < -0.39 is 15.4 Å². The van der Waals surface area contributed by atoms with E-state index >= 15 is 0 Å². The lowest BCUT2D eigenvalue weighted by Gasteiger charge is -2.36. The fraction of sp³-hybridized carbons (Fsp3) is 0.588. The first-order valence-corrected chi connectivity index (χ1v) is 10.0. The van der Waals surface area contributed by atoms with Crippen LogP contribution in [0.15, 0.2) is 18.2 Å². The quantitative estimate of drug-likeness (QED) is 0.859. The molecular weight excluding hydrogens is 350 g/mol. The molecule has 5 nitrogen and oxygen atoms in total. The topological polar surface area (TPSA) is 72.5 Å². The monoisotopic (exact) mass is 371 g/mol. The van der Waals surface area contributed by atoms with Gasteiger partial charge in [-0.3, -0.25) is 9.52 Å². The second kappa shape index (κ2) is 5.63. The number of methoxy groups -OCH3 is 1. The fourth-order valence-electron chi connectivity index (χ4n) is 4.38. The van der Waals surface area contributed by atoms with E-state index in [2.05, 4.69) is 4.72 Å². The van der Waals surface area contributed by atoms with Crippen molar-refractivity contribution in [1.82, 2.24) is 0 Å². The predicted molar refractivity (Wildman–Crippen MR) is 94.0 cm³/mol. The molecular formula is C17H22ClNO4S. The van der Waals surface area contributed by atoms with Gasteiger partial charge >= 0.3 is 0 Å². The number of hydrogen-bond donors (Lipinski definition) is 1. The van der Waals surface area contributed by atoms with Crippen molar-refractivity contribution in [2.24, 2.45) is 16.7 Å². The zero-order valence-corrected chi connectivity index (χ0v) is 15.6. The molecule has 3 rings (SSSR count). The molecule has 2 bridgehead atoms. The molecule has 2 aliphatic carbocycles. The van der Waals surface area contributed by atoms with Gasteiger partial charge in [-0.05, 0) is 42.4 Å². The van der Waals surface area contributed by atoms with Gasteiger partial charge in [0.2, 0.25) is 10.0 Å². The molecule has 2 aliphatic rings. The molecule has 2 saturated carbocycles. The van der Waals surface area contributed by atoms with Gasteiger partial charge in [0.15, 0.2) is 0 Å². The standard InChI is InChI=1S/C17H22ClNO4S/c1-16(2)11-6-7-17(16,15(20)8-11)10-24(21,22)19-12-4-5-14(23-3)13(18)9-12/h4-5,9,11,19H,6-8,10H2,1-3H3/t11-,17-/m0/s1. The van der Waals surface area contributed by atoms with Crippen LogP contribution in [0.25, 0.3) is 0 Å². The summed E-state index contributed by atoms with van der Waals surface area (Å²) in [6.07, 6.45) is 2.06. The van der Waals surface area contributed by atoms with E-state index in [1.54, 1.807) is 12.1 Å². The van der Waals surface area contributed by atoms with Crippen molar-refractivity contribution in [2.75, 3.05) is 17.6 Å². The smallest absolute Gasteiger partial charge is 0.233 e. The molecule has 24 heavy (non-hydrogen) atoms. The van der Waals surface area contributed by atoms with Crippen LogP contribution in [0.3, 0.4) is 0 Å². The first kappa shape index (κ1) is 17.5. The number of carbonyl (C=O) groups is 1. The number of ether oxygens (including phenoxy) is 1. The Morgan fingerprint density at radius 3 is 2.58 bits per heavy atom. The van der Waals surface area contributed by atoms with Gasteiger partial charge in [0.1, 0.15) is 11.5 Å². The number of anilines is 1. The number of nitrogens with one attached hydrogen (secondary N) is 1. The zero-order valence-electron chi connectivity index (χ0n) is 14.1. The minimum atomic E-state index is -3.67. The van der Waals surface area contributed by atoms with Crippen molar-refractivity contribution >= 4 is 33.1 Å². The summed E-state index contributed by atoms with van der Waals surface area (Å²) in [6, 6.07) is 4.71. The van der Waals surface area contributed by atoms with Crippen molar-refractivity contribution in [3.63, 3.8) is 0 Å². The number of halogens is 1. The maximum Gasteiger partial charge on any atom is 0.233 e. The summed E-state index contributed by atoms with van der Waals surface area (Å²) in [6.45, 7) is 4.05. The van der Waals surface area contributed by atoms with Crippen LogP contribution in [0.4, 0.5) is 5.69 Å². The third-order valence-corrected chi connectivity index (χ3v) is 7.72. The number of fused-ring (bicyclic) bond motifs is 2. The maximum atomic E-state index is 12.7. The van der Waals surface area contributed by atoms with Crippen LogP contribution in [0.1, 0.15) is 33.1 Å². The lowest BCUT2D eigenvalue weighted by Crippen LogP contribution is -2.43. The molecule has 0 radical (unpaired) electrons. The highest BCUT2D eigenvalue weighted by Crippen LogP contribution is 2.64. The summed E-state index contributed by atoms with van der Waals surface area (Å²) < 4.78 is 33.0. The van der Waals surface area contributed by atoms with Gasteiger partial charge in [-0.25, -0.2) is 8.42 Å². The van der Waals surface area contributed by atoms with Crippen LogP contribution < -0.4 is 9.46 Å². The van der Waals surface area contributed by atoms with E-state index in [-0.39, 0.29) is 22.9 Å². The molecule has 0 amide bonds. The number of carbonyl (C=O) groups excluding carboxylic acids is 1. The summed E-state index contributed by atoms with van der Waals surface area (Å²) in [4.78, 5) is 12.5. The lowest BCUT2D eigenvalue weighted by molar-refractivity contribution is -0.128.